The van der Waals surface area contributed by atoms with Gasteiger partial charge in [-0.15, -0.1) is 0 Å². The van der Waals surface area contributed by atoms with Crippen molar-refractivity contribution in [3.05, 3.63) is 94.7 Å². The summed E-state index contributed by atoms with van der Waals surface area (Å²) in [7, 11) is 0. The molecule has 0 spiro atoms. The normalized spacial score (nSPS) is 14.3. The van der Waals surface area contributed by atoms with Gasteiger partial charge in [-0.1, -0.05) is 60.4 Å². The molecule has 36 heavy (non-hydrogen) atoms. The van der Waals surface area contributed by atoms with Crippen LogP contribution in [0.1, 0.15) is 23.2 Å². The van der Waals surface area contributed by atoms with Crippen LogP contribution >= 0.6 is 24.0 Å². The van der Waals surface area contributed by atoms with Crippen LogP contribution in [-0.2, 0) is 22.6 Å². The molecule has 0 aliphatic carbocycles. The van der Waals surface area contributed by atoms with Gasteiger partial charge in [0.2, 0.25) is 0 Å². The molecule has 1 fully saturated rings. The lowest BCUT2D eigenvalue weighted by atomic mass is 10.1. The molecule has 2 aromatic carbocycles. The van der Waals surface area contributed by atoms with Crippen molar-refractivity contribution in [1.82, 2.24) is 9.88 Å². The molecule has 0 radical (unpaired) electrons. The van der Waals surface area contributed by atoms with Gasteiger partial charge in [-0.25, -0.2) is 0 Å². The molecule has 1 aliphatic rings. The maximum atomic E-state index is 12.8. The minimum Gasteiger partial charge on any atom is -0.494 e. The lowest BCUT2D eigenvalue weighted by molar-refractivity contribution is -0.140. The van der Waals surface area contributed by atoms with Gasteiger partial charge in [-0.05, 0) is 54.8 Å². The molecule has 4 rings (SSSR count). The van der Waals surface area contributed by atoms with Gasteiger partial charge in [0.25, 0.3) is 5.91 Å². The number of aryl methyl sites for hydroxylation is 1. The molecule has 184 valence electrons. The van der Waals surface area contributed by atoms with Crippen LogP contribution in [0, 0.1) is 0 Å². The summed E-state index contributed by atoms with van der Waals surface area (Å²) in [6.07, 6.45) is 5.11. The molecule has 1 amide bonds. The molecule has 7 nitrogen and oxygen atoms in total. The number of hydrogen-bond acceptors (Lipinski definition) is 7. The number of aromatic nitrogens is 1. The highest BCUT2D eigenvalue weighted by Gasteiger charge is 2.33. The molecule has 0 atom stereocenters. The Kier molecular flexibility index (Phi) is 8.70. The fraction of sp³-hybridized carbons (Fsp3) is 0.185. The van der Waals surface area contributed by atoms with E-state index in [1.807, 2.05) is 42.5 Å². The van der Waals surface area contributed by atoms with E-state index in [0.717, 1.165) is 35.2 Å². The van der Waals surface area contributed by atoms with E-state index in [-0.39, 0.29) is 10.9 Å². The average molecular weight is 521 g/mol. The topological polar surface area (TPSA) is 89.0 Å². The van der Waals surface area contributed by atoms with Gasteiger partial charge in [-0.2, -0.15) is 0 Å². The number of thiocarbonyl (C=S) groups is 1. The number of rotatable bonds is 11. The molecule has 2 heterocycles. The third kappa shape index (κ3) is 6.93. The fourth-order valence-corrected chi connectivity index (χ4v) is 4.77. The van der Waals surface area contributed by atoms with E-state index in [1.54, 1.807) is 24.4 Å². The second-order valence-corrected chi connectivity index (χ2v) is 9.58. The predicted octanol–water partition coefficient (Wildman–Crippen LogP) is 4.96. The summed E-state index contributed by atoms with van der Waals surface area (Å²) in [5, 5.41) is 9.09. The zero-order valence-electron chi connectivity index (χ0n) is 19.3. The molecular weight excluding hydrogens is 496 g/mol. The lowest BCUT2D eigenvalue weighted by Crippen LogP contribution is -2.33. The molecule has 3 aromatic rings. The number of thioether (sulfide) groups is 1. The summed E-state index contributed by atoms with van der Waals surface area (Å²) < 4.78 is 12.2. The van der Waals surface area contributed by atoms with Crippen molar-refractivity contribution in [2.75, 3.05) is 13.2 Å². The minimum atomic E-state index is -1.13. The first kappa shape index (κ1) is 25.4. The highest BCUT2D eigenvalue weighted by molar-refractivity contribution is 8.26. The SMILES string of the molecule is O=C(O)CN1C(=O)/C(=C\c2cc(OCCCc3ccccc3)ccc2OCc2ccccn2)SC1=S. The van der Waals surface area contributed by atoms with Crippen LogP contribution in [0.3, 0.4) is 0 Å². The van der Waals surface area contributed by atoms with Gasteiger partial charge in [0, 0.05) is 11.8 Å². The van der Waals surface area contributed by atoms with Crippen LogP contribution in [0.2, 0.25) is 0 Å². The average Bonchev–Trinajstić information content (AvgIpc) is 3.14. The monoisotopic (exact) mass is 520 g/mol. The quantitative estimate of drug-likeness (QED) is 0.216. The largest absolute Gasteiger partial charge is 0.494 e. The first-order chi connectivity index (χ1) is 17.5. The lowest BCUT2D eigenvalue weighted by Gasteiger charge is -2.13. The Morgan fingerprint density at radius 3 is 2.64 bits per heavy atom. The van der Waals surface area contributed by atoms with E-state index in [9.17, 15) is 9.59 Å². The third-order valence-electron chi connectivity index (χ3n) is 5.26. The molecule has 1 aliphatic heterocycles. The van der Waals surface area contributed by atoms with Gasteiger partial charge < -0.3 is 14.6 Å². The molecular formula is C27H24N2O5S2. The first-order valence-corrected chi connectivity index (χ1v) is 12.5. The van der Waals surface area contributed by atoms with Crippen molar-refractivity contribution in [1.29, 1.82) is 0 Å². The van der Waals surface area contributed by atoms with Crippen molar-refractivity contribution >= 4 is 46.3 Å². The zero-order chi connectivity index (χ0) is 25.3. The molecule has 0 saturated carbocycles. The maximum Gasteiger partial charge on any atom is 0.323 e. The molecule has 1 aromatic heterocycles. The van der Waals surface area contributed by atoms with Crippen LogP contribution in [0.15, 0.2) is 77.8 Å². The fourth-order valence-electron chi connectivity index (χ4n) is 3.52. The Morgan fingerprint density at radius 2 is 1.89 bits per heavy atom. The number of benzene rings is 2. The number of aliphatic carboxylic acids is 1. The number of carbonyl (C=O) groups excluding carboxylic acids is 1. The zero-order valence-corrected chi connectivity index (χ0v) is 21.0. The molecule has 0 unspecified atom stereocenters. The Bertz CT molecular complexity index is 1270. The molecule has 1 saturated heterocycles. The Hall–Kier alpha value is -3.69. The third-order valence-corrected chi connectivity index (χ3v) is 6.64. The smallest absolute Gasteiger partial charge is 0.323 e. The maximum absolute atomic E-state index is 12.8. The van der Waals surface area contributed by atoms with Gasteiger partial charge in [0.05, 0.1) is 17.2 Å². The van der Waals surface area contributed by atoms with Crippen LogP contribution in [0.4, 0.5) is 0 Å². The Labute approximate surface area is 218 Å². The van der Waals surface area contributed by atoms with Crippen LogP contribution in [0.25, 0.3) is 6.08 Å². The molecule has 0 bridgehead atoms. The Morgan fingerprint density at radius 1 is 1.08 bits per heavy atom. The number of carbonyl (C=O) groups is 2. The summed E-state index contributed by atoms with van der Waals surface area (Å²) in [4.78, 5) is 29.6. The number of amides is 1. The highest BCUT2D eigenvalue weighted by Crippen LogP contribution is 2.35. The number of nitrogens with zero attached hydrogens (tertiary/aromatic N) is 2. The van der Waals surface area contributed by atoms with E-state index in [2.05, 4.69) is 17.1 Å². The van der Waals surface area contributed by atoms with Crippen molar-refractivity contribution < 1.29 is 24.2 Å². The number of carboxylic acid groups (broad SMARTS) is 1. The van der Waals surface area contributed by atoms with Gasteiger partial charge in [-0.3, -0.25) is 19.5 Å². The number of carboxylic acids is 1. The standard InChI is InChI=1S/C27H24N2O5S2/c30-25(31)17-29-26(32)24(36-27(29)35)16-20-15-22(33-14-6-9-19-7-2-1-3-8-19)11-12-23(20)34-18-21-10-4-5-13-28-21/h1-5,7-8,10-13,15-16H,6,9,14,17-18H2,(H,30,31)/b24-16+. The summed E-state index contributed by atoms with van der Waals surface area (Å²) in [5.74, 6) is -0.392. The number of ether oxygens (including phenoxy) is 2. The highest BCUT2D eigenvalue weighted by atomic mass is 32.2. The summed E-state index contributed by atoms with van der Waals surface area (Å²) in [6, 6.07) is 21.2. The number of pyridine rings is 1. The number of hydrogen-bond donors (Lipinski definition) is 1. The second-order valence-electron chi connectivity index (χ2n) is 7.91. The predicted molar refractivity (Wildman–Crippen MR) is 143 cm³/mol. The van der Waals surface area contributed by atoms with Gasteiger partial charge >= 0.3 is 5.97 Å². The molecule has 1 N–H and O–H groups in total. The first-order valence-electron chi connectivity index (χ1n) is 11.3. The van der Waals surface area contributed by atoms with Crippen LogP contribution < -0.4 is 9.47 Å². The minimum absolute atomic E-state index is 0.206. The van der Waals surface area contributed by atoms with E-state index in [1.165, 1.54) is 5.56 Å². The van der Waals surface area contributed by atoms with Crippen molar-refractivity contribution in [3.8, 4) is 11.5 Å². The molecule has 9 heteroatoms. The summed E-state index contributed by atoms with van der Waals surface area (Å²) >= 11 is 6.28. The van der Waals surface area contributed by atoms with Crippen LogP contribution in [-0.4, -0.2) is 44.3 Å². The van der Waals surface area contributed by atoms with Crippen molar-refractivity contribution in [2.24, 2.45) is 0 Å². The van der Waals surface area contributed by atoms with E-state index in [4.69, 9.17) is 26.8 Å². The van der Waals surface area contributed by atoms with E-state index >= 15 is 0 Å². The second kappa shape index (κ2) is 12.3. The van der Waals surface area contributed by atoms with Crippen molar-refractivity contribution in [3.63, 3.8) is 0 Å². The van der Waals surface area contributed by atoms with Crippen LogP contribution in [0.5, 0.6) is 11.5 Å². The summed E-state index contributed by atoms with van der Waals surface area (Å²) in [6.45, 7) is 0.303. The van der Waals surface area contributed by atoms with Gasteiger partial charge in [0.1, 0.15) is 29.0 Å². The van der Waals surface area contributed by atoms with Crippen molar-refractivity contribution in [2.45, 2.75) is 19.4 Å². The Balaban J connectivity index is 1.51. The van der Waals surface area contributed by atoms with E-state index in [0.29, 0.717) is 28.6 Å². The summed E-state index contributed by atoms with van der Waals surface area (Å²) in [5.41, 5.74) is 2.64. The van der Waals surface area contributed by atoms with Gasteiger partial charge in [0.15, 0.2) is 0 Å². The van der Waals surface area contributed by atoms with E-state index < -0.39 is 18.4 Å².